The van der Waals surface area contributed by atoms with Gasteiger partial charge < -0.3 is 0 Å². The second kappa shape index (κ2) is 13.3. The Morgan fingerprint density at radius 1 is 0.900 bits per heavy atom. The molecule has 1 aliphatic rings. The van der Waals surface area contributed by atoms with Crippen molar-refractivity contribution in [2.75, 3.05) is 0 Å². The van der Waals surface area contributed by atoms with Crippen LogP contribution in [0.2, 0.25) is 0 Å². The maximum atomic E-state index is 4.65. The molecule has 30 heavy (non-hydrogen) atoms. The van der Waals surface area contributed by atoms with Crippen LogP contribution in [-0.4, -0.2) is 22.1 Å². The fraction of sp³-hybridized carbons (Fsp3) is 0.391. The van der Waals surface area contributed by atoms with Crippen LogP contribution in [0.15, 0.2) is 60.7 Å². The molecule has 1 aromatic heterocycles. The summed E-state index contributed by atoms with van der Waals surface area (Å²) in [5.74, 6) is 0.997. The summed E-state index contributed by atoms with van der Waals surface area (Å²) in [6.07, 6.45) is 9.44. The van der Waals surface area contributed by atoms with Crippen molar-refractivity contribution in [2.24, 2.45) is 0 Å². The molecule has 1 fully saturated rings. The molecule has 0 radical (unpaired) electrons. The molecular weight excluding hydrogens is 781 g/mol. The van der Waals surface area contributed by atoms with E-state index in [-0.39, 0.29) is 0 Å². The van der Waals surface area contributed by atoms with E-state index in [1.807, 2.05) is 16.8 Å². The Kier molecular flexibility index (Phi) is 10.8. The van der Waals surface area contributed by atoms with Crippen LogP contribution >= 0.6 is 45.7 Å². The molecule has 0 amide bonds. The fourth-order valence-electron chi connectivity index (χ4n) is 3.56. The van der Waals surface area contributed by atoms with Crippen molar-refractivity contribution in [1.29, 1.82) is 0 Å². The van der Waals surface area contributed by atoms with Crippen LogP contribution in [0.4, 0.5) is 0 Å². The molecule has 0 unspecified atom stereocenters. The zero-order valence-electron chi connectivity index (χ0n) is 16.9. The van der Waals surface area contributed by atoms with E-state index in [0.29, 0.717) is 0 Å². The van der Waals surface area contributed by atoms with Gasteiger partial charge in [-0.2, -0.15) is 1.33 Å². The van der Waals surface area contributed by atoms with E-state index in [0.717, 1.165) is 28.6 Å². The number of hydrogen-bond donors (Lipinski definition) is 1. The molecular formula is C23H28I2N4Pt. The van der Waals surface area contributed by atoms with Gasteiger partial charge >= 0.3 is 129 Å². The maximum absolute atomic E-state index is 4.65. The molecule has 4 nitrogen and oxygen atoms in total. The molecule has 0 spiro atoms. The average Bonchev–Trinajstić information content (AvgIpc) is 2.95. The van der Waals surface area contributed by atoms with Gasteiger partial charge in [-0.05, 0) is 12.8 Å². The summed E-state index contributed by atoms with van der Waals surface area (Å²) in [6, 6.07) is 21.6. The first-order chi connectivity index (χ1) is 14.6. The third-order valence-corrected chi connectivity index (χ3v) is 7.63. The predicted octanol–water partition coefficient (Wildman–Crippen LogP) is 6.64. The van der Waals surface area contributed by atoms with Crippen LogP contribution in [0, 0.1) is 3.80 Å². The third kappa shape index (κ3) is 8.32. The van der Waals surface area contributed by atoms with Crippen molar-refractivity contribution < 1.29 is 19.4 Å². The first-order valence-electron chi connectivity index (χ1n) is 10.4. The number of rotatable bonds is 5. The Balaban J connectivity index is 0.000000216. The van der Waals surface area contributed by atoms with Crippen LogP contribution in [-0.2, 0) is 32.3 Å². The summed E-state index contributed by atoms with van der Waals surface area (Å²) in [6.45, 7) is 0.797. The average molecular weight is 809 g/mol. The van der Waals surface area contributed by atoms with Gasteiger partial charge in [-0.15, -0.1) is 0 Å². The summed E-state index contributed by atoms with van der Waals surface area (Å²) < 4.78 is 5.38. The van der Waals surface area contributed by atoms with Crippen LogP contribution in [0.5, 0.6) is 0 Å². The number of aromatic amines is 1. The summed E-state index contributed by atoms with van der Waals surface area (Å²) in [4.78, 5) is 3.35. The number of nitrogens with one attached hydrogen (secondary N) is 1. The number of benzene rings is 2. The summed E-state index contributed by atoms with van der Waals surface area (Å²) in [7, 11) is 0. The Labute approximate surface area is 218 Å². The molecule has 0 atom stereocenters. The van der Waals surface area contributed by atoms with Crippen LogP contribution < -0.4 is 0 Å². The van der Waals surface area contributed by atoms with Gasteiger partial charge in [0.25, 0.3) is 0 Å². The predicted molar refractivity (Wildman–Crippen MR) is 136 cm³/mol. The van der Waals surface area contributed by atoms with Crippen molar-refractivity contribution in [3.63, 3.8) is 0 Å². The summed E-state index contributed by atoms with van der Waals surface area (Å²) >= 11 is 7.08. The van der Waals surface area contributed by atoms with Gasteiger partial charge in [-0.1, -0.05) is 25.7 Å². The third-order valence-electron chi connectivity index (χ3n) is 5.18. The fourth-order valence-corrected chi connectivity index (χ4v) is 5.30. The molecule has 164 valence electrons. The van der Waals surface area contributed by atoms with Crippen molar-refractivity contribution in [1.82, 2.24) is 16.1 Å². The number of halogens is 2. The Morgan fingerprint density at radius 2 is 1.47 bits per heavy atom. The summed E-state index contributed by atoms with van der Waals surface area (Å²) in [5.41, 5.74) is 2.53. The molecule has 1 N–H and O–H groups in total. The van der Waals surface area contributed by atoms with Crippen molar-refractivity contribution in [3.05, 3.63) is 81.4 Å². The molecule has 0 saturated heterocycles. The molecule has 4 rings (SSSR count). The quantitative estimate of drug-likeness (QED) is 0.179. The molecule has 1 saturated carbocycles. The van der Waals surface area contributed by atoms with E-state index in [2.05, 4.69) is 125 Å². The van der Waals surface area contributed by atoms with Crippen LogP contribution in [0.25, 0.3) is 0 Å². The van der Waals surface area contributed by atoms with Crippen molar-refractivity contribution >= 4 is 45.7 Å². The molecule has 3 aromatic rings. The van der Waals surface area contributed by atoms with Gasteiger partial charge in [0.05, 0.1) is 0 Å². The Morgan fingerprint density at radius 3 is 2.03 bits per heavy atom. The molecule has 1 heterocycles. The van der Waals surface area contributed by atoms with E-state index >= 15 is 0 Å². The van der Waals surface area contributed by atoms with E-state index in [1.54, 1.807) is 0 Å². The number of aromatic nitrogens is 3. The number of hydrogen-bond acceptors (Lipinski definition) is 2. The van der Waals surface area contributed by atoms with Gasteiger partial charge in [-0.25, -0.2) is 0 Å². The van der Waals surface area contributed by atoms with Gasteiger partial charge in [0, 0.05) is 51.8 Å². The molecule has 1 aliphatic carbocycles. The molecule has 2 aromatic carbocycles. The SMILES string of the molecule is IN(I)C1CCCCCC1.[Pt]=[c]1[nH]c(Cc2ccccc2)nn1Cc1ccccc1. The topological polar surface area (TPSA) is 36.9 Å². The molecule has 7 heteroatoms. The van der Waals surface area contributed by atoms with E-state index in [1.165, 1.54) is 49.7 Å². The van der Waals surface area contributed by atoms with Gasteiger partial charge in [0.1, 0.15) is 0 Å². The van der Waals surface area contributed by atoms with Crippen molar-refractivity contribution in [3.8, 4) is 0 Å². The normalized spacial score (nSPS) is 14.8. The van der Waals surface area contributed by atoms with Crippen molar-refractivity contribution in [2.45, 2.75) is 57.5 Å². The van der Waals surface area contributed by atoms with Gasteiger partial charge in [0.2, 0.25) is 0 Å². The molecule has 0 bridgehead atoms. The second-order valence-corrected chi connectivity index (χ2v) is 12.5. The molecule has 0 aliphatic heterocycles. The van der Waals surface area contributed by atoms with E-state index in [9.17, 15) is 0 Å². The van der Waals surface area contributed by atoms with E-state index < -0.39 is 0 Å². The minimum absolute atomic E-state index is 0.797. The number of H-pyrrole nitrogens is 1. The first kappa shape index (κ1) is 24.3. The Bertz CT molecular complexity index is 917. The first-order valence-corrected chi connectivity index (χ1v) is 13.5. The summed E-state index contributed by atoms with van der Waals surface area (Å²) in [5, 5.41) is 4.65. The monoisotopic (exact) mass is 809 g/mol. The standard InChI is InChI=1S/C16H15N3.C7H13I2N.Pt/c1-3-7-14(8-4-1)11-16-17-13-19(18-16)12-15-9-5-2-6-10-15;8-10(9)7-5-3-1-2-4-6-7;/h1-10H,11-12H2,(H,17,18);7H,1-6H2;. The Hall–Kier alpha value is -0.312. The van der Waals surface area contributed by atoms with E-state index in [4.69, 9.17) is 0 Å². The van der Waals surface area contributed by atoms with Crippen LogP contribution in [0.1, 0.15) is 55.5 Å². The van der Waals surface area contributed by atoms with Crippen LogP contribution in [0.3, 0.4) is 0 Å². The van der Waals surface area contributed by atoms with Gasteiger partial charge in [0.15, 0.2) is 0 Å². The number of nitrogens with zero attached hydrogens (tertiary/aromatic N) is 3. The minimum atomic E-state index is 0.797. The zero-order chi connectivity index (χ0) is 21.2. The second-order valence-electron chi connectivity index (χ2n) is 7.54. The zero-order valence-corrected chi connectivity index (χ0v) is 23.5. The van der Waals surface area contributed by atoms with Gasteiger partial charge in [-0.3, -0.25) is 0 Å².